The largest absolute Gasteiger partial charge is 0.393 e. The van der Waals surface area contributed by atoms with Crippen LogP contribution in [-0.4, -0.2) is 29.4 Å². The van der Waals surface area contributed by atoms with Crippen LogP contribution in [0.4, 0.5) is 0 Å². The highest BCUT2D eigenvalue weighted by atomic mass is 16.3. The zero-order chi connectivity index (χ0) is 13.2. The van der Waals surface area contributed by atoms with Crippen LogP contribution >= 0.6 is 0 Å². The third kappa shape index (κ3) is 6.15. The van der Waals surface area contributed by atoms with Crippen LogP contribution in [0.15, 0.2) is 30.3 Å². The molecule has 0 radical (unpaired) electrons. The second-order valence-electron chi connectivity index (χ2n) is 4.70. The smallest absolute Gasteiger partial charge is 0.0790 e. The lowest BCUT2D eigenvalue weighted by Crippen LogP contribution is -2.30. The van der Waals surface area contributed by atoms with Gasteiger partial charge in [-0.1, -0.05) is 43.7 Å². The first-order chi connectivity index (χ1) is 8.74. The second-order valence-corrected chi connectivity index (χ2v) is 4.70. The molecule has 0 saturated carbocycles. The monoisotopic (exact) mass is 251 g/mol. The van der Waals surface area contributed by atoms with Gasteiger partial charge in [0.05, 0.1) is 12.2 Å². The predicted molar refractivity (Wildman–Crippen MR) is 74.4 cm³/mol. The van der Waals surface area contributed by atoms with E-state index in [1.165, 1.54) is 0 Å². The van der Waals surface area contributed by atoms with E-state index in [0.717, 1.165) is 44.3 Å². The van der Waals surface area contributed by atoms with E-state index in [2.05, 4.69) is 12.2 Å². The zero-order valence-corrected chi connectivity index (χ0v) is 11.2. The molecule has 3 nitrogen and oxygen atoms in total. The van der Waals surface area contributed by atoms with E-state index in [4.69, 9.17) is 5.11 Å². The molecule has 1 aliphatic heterocycles. The first-order valence-electron chi connectivity index (χ1n) is 6.85. The van der Waals surface area contributed by atoms with E-state index >= 15 is 0 Å². The Bertz CT molecular complexity index is 297. The lowest BCUT2D eigenvalue weighted by Gasteiger charge is -2.16. The fourth-order valence-electron chi connectivity index (χ4n) is 1.92. The highest BCUT2D eigenvalue weighted by molar-refractivity contribution is 5.16. The number of benzene rings is 1. The van der Waals surface area contributed by atoms with Gasteiger partial charge in [0.1, 0.15) is 0 Å². The van der Waals surface area contributed by atoms with Crippen LogP contribution < -0.4 is 5.32 Å². The first kappa shape index (κ1) is 15.2. The standard InChI is InChI=1S/C10H14O.C5H11NO/c1-2-6-10(11)9-7-4-3-5-8-9;7-5-1-3-6-4-2-5/h3-5,7-8,10-11H,2,6H2,1H3;5-7H,1-4H2. The van der Waals surface area contributed by atoms with Gasteiger partial charge in [0.2, 0.25) is 0 Å². The number of aliphatic hydroxyl groups is 2. The number of hydrogen-bond acceptors (Lipinski definition) is 3. The summed E-state index contributed by atoms with van der Waals surface area (Å²) < 4.78 is 0. The molecule has 0 aliphatic carbocycles. The molecule has 1 heterocycles. The van der Waals surface area contributed by atoms with Crippen molar-refractivity contribution in [2.24, 2.45) is 0 Å². The third-order valence-corrected chi connectivity index (χ3v) is 3.06. The summed E-state index contributed by atoms with van der Waals surface area (Å²) in [5.41, 5.74) is 1.02. The van der Waals surface area contributed by atoms with Gasteiger partial charge in [-0.3, -0.25) is 0 Å². The molecule has 3 heteroatoms. The van der Waals surface area contributed by atoms with Crippen molar-refractivity contribution in [2.45, 2.75) is 44.8 Å². The van der Waals surface area contributed by atoms with Crippen molar-refractivity contribution < 1.29 is 10.2 Å². The van der Waals surface area contributed by atoms with E-state index in [-0.39, 0.29) is 12.2 Å². The first-order valence-corrected chi connectivity index (χ1v) is 6.85. The van der Waals surface area contributed by atoms with Gasteiger partial charge in [0.15, 0.2) is 0 Å². The number of hydrogen-bond donors (Lipinski definition) is 3. The van der Waals surface area contributed by atoms with Crippen LogP contribution in [-0.2, 0) is 0 Å². The molecule has 0 aromatic heterocycles. The average molecular weight is 251 g/mol. The zero-order valence-electron chi connectivity index (χ0n) is 11.2. The molecule has 1 atom stereocenters. The molecule has 0 bridgehead atoms. The van der Waals surface area contributed by atoms with Crippen molar-refractivity contribution in [2.75, 3.05) is 13.1 Å². The predicted octanol–water partition coefficient (Wildman–Crippen LogP) is 2.25. The molecular weight excluding hydrogens is 226 g/mol. The Hall–Kier alpha value is -0.900. The summed E-state index contributed by atoms with van der Waals surface area (Å²) in [7, 11) is 0. The third-order valence-electron chi connectivity index (χ3n) is 3.06. The maximum atomic E-state index is 9.52. The minimum Gasteiger partial charge on any atom is -0.393 e. The number of rotatable bonds is 3. The van der Waals surface area contributed by atoms with Crippen LogP contribution in [0.2, 0.25) is 0 Å². The molecule has 1 aromatic rings. The Kier molecular flexibility index (Phi) is 7.65. The van der Waals surface area contributed by atoms with Gasteiger partial charge in [0.25, 0.3) is 0 Å². The Balaban J connectivity index is 0.000000199. The maximum absolute atomic E-state index is 9.52. The van der Waals surface area contributed by atoms with Crippen LogP contribution in [0.1, 0.15) is 44.3 Å². The Morgan fingerprint density at radius 2 is 1.83 bits per heavy atom. The summed E-state index contributed by atoms with van der Waals surface area (Å²) in [5, 5.41) is 21.5. The van der Waals surface area contributed by atoms with E-state index in [9.17, 15) is 5.11 Å². The molecule has 1 aromatic carbocycles. The molecule has 102 valence electrons. The highest BCUT2D eigenvalue weighted by Crippen LogP contribution is 2.16. The lowest BCUT2D eigenvalue weighted by atomic mass is 10.1. The topological polar surface area (TPSA) is 52.5 Å². The van der Waals surface area contributed by atoms with Crippen LogP contribution in [0.25, 0.3) is 0 Å². The minimum absolute atomic E-state index is 0.0266. The van der Waals surface area contributed by atoms with Gasteiger partial charge in [0, 0.05) is 0 Å². The SMILES string of the molecule is CCCC(O)c1ccccc1.OC1CCNCC1. The summed E-state index contributed by atoms with van der Waals surface area (Å²) in [4.78, 5) is 0. The molecule has 0 spiro atoms. The molecule has 0 amide bonds. The molecule has 1 aliphatic rings. The summed E-state index contributed by atoms with van der Waals surface area (Å²) in [5.74, 6) is 0. The Morgan fingerprint density at radius 3 is 2.28 bits per heavy atom. The van der Waals surface area contributed by atoms with Crippen molar-refractivity contribution in [3.63, 3.8) is 0 Å². The molecule has 2 rings (SSSR count). The fraction of sp³-hybridized carbons (Fsp3) is 0.600. The lowest BCUT2D eigenvalue weighted by molar-refractivity contribution is 0.137. The Morgan fingerprint density at radius 1 is 1.22 bits per heavy atom. The van der Waals surface area contributed by atoms with E-state index < -0.39 is 0 Å². The average Bonchev–Trinajstić information content (AvgIpc) is 2.42. The van der Waals surface area contributed by atoms with Gasteiger partial charge < -0.3 is 15.5 Å². The number of piperidine rings is 1. The van der Waals surface area contributed by atoms with Crippen LogP contribution in [0.5, 0.6) is 0 Å². The van der Waals surface area contributed by atoms with Gasteiger partial charge in [-0.15, -0.1) is 0 Å². The normalized spacial score (nSPS) is 17.7. The number of nitrogens with one attached hydrogen (secondary N) is 1. The van der Waals surface area contributed by atoms with E-state index in [0.29, 0.717) is 0 Å². The summed E-state index contributed by atoms with van der Waals surface area (Å²) in [6.07, 6.45) is 3.43. The van der Waals surface area contributed by atoms with E-state index in [1.54, 1.807) is 0 Å². The molecule has 1 fully saturated rings. The Labute approximate surface area is 110 Å². The van der Waals surface area contributed by atoms with Gasteiger partial charge >= 0.3 is 0 Å². The van der Waals surface area contributed by atoms with Crippen molar-refractivity contribution in [1.82, 2.24) is 5.32 Å². The van der Waals surface area contributed by atoms with Crippen molar-refractivity contribution in [1.29, 1.82) is 0 Å². The highest BCUT2D eigenvalue weighted by Gasteiger charge is 2.06. The van der Waals surface area contributed by atoms with Crippen molar-refractivity contribution in [3.05, 3.63) is 35.9 Å². The summed E-state index contributed by atoms with van der Waals surface area (Å²) in [6.45, 7) is 4.05. The minimum atomic E-state index is -0.277. The maximum Gasteiger partial charge on any atom is 0.0790 e. The van der Waals surface area contributed by atoms with Gasteiger partial charge in [-0.2, -0.15) is 0 Å². The van der Waals surface area contributed by atoms with E-state index in [1.807, 2.05) is 30.3 Å². The van der Waals surface area contributed by atoms with Crippen molar-refractivity contribution in [3.8, 4) is 0 Å². The molecule has 1 unspecified atom stereocenters. The van der Waals surface area contributed by atoms with Crippen LogP contribution in [0, 0.1) is 0 Å². The molecule has 18 heavy (non-hydrogen) atoms. The summed E-state index contributed by atoms with van der Waals surface area (Å²) in [6, 6.07) is 9.78. The summed E-state index contributed by atoms with van der Waals surface area (Å²) >= 11 is 0. The quantitative estimate of drug-likeness (QED) is 0.772. The van der Waals surface area contributed by atoms with Crippen LogP contribution in [0.3, 0.4) is 0 Å². The van der Waals surface area contributed by atoms with Gasteiger partial charge in [-0.25, -0.2) is 0 Å². The molecule has 3 N–H and O–H groups in total. The fourth-order valence-corrected chi connectivity index (χ4v) is 1.92. The van der Waals surface area contributed by atoms with Crippen molar-refractivity contribution >= 4 is 0 Å². The molecule has 1 saturated heterocycles. The molecular formula is C15H25NO2. The second kappa shape index (κ2) is 9.09. The van der Waals surface area contributed by atoms with Gasteiger partial charge in [-0.05, 0) is 37.9 Å². The number of aliphatic hydroxyl groups excluding tert-OH is 2.